The summed E-state index contributed by atoms with van der Waals surface area (Å²) in [4.78, 5) is 17.0. The summed E-state index contributed by atoms with van der Waals surface area (Å²) in [6, 6.07) is 14.2. The van der Waals surface area contributed by atoms with Crippen LogP contribution >= 0.6 is 11.6 Å². The third-order valence-electron chi connectivity index (χ3n) is 6.09. The average molecular weight is 533 g/mol. The van der Waals surface area contributed by atoms with E-state index < -0.39 is 21.3 Å². The highest BCUT2D eigenvalue weighted by Crippen LogP contribution is 2.38. The molecular formula is C26H26ClFN2O5S. The Hall–Kier alpha value is -3.01. The quantitative estimate of drug-likeness (QED) is 0.442. The van der Waals surface area contributed by atoms with Crippen molar-refractivity contribution in [1.29, 1.82) is 0 Å². The van der Waals surface area contributed by atoms with Crippen LogP contribution in [0.15, 0.2) is 65.7 Å². The number of sulfone groups is 1. The Morgan fingerprint density at radius 3 is 2.47 bits per heavy atom. The van der Waals surface area contributed by atoms with Crippen LogP contribution in [0.1, 0.15) is 30.9 Å². The number of aromatic nitrogens is 1. The Kier molecular flexibility index (Phi) is 7.92. The standard InChI is InChI=1S/C26H26ClFN2O5S/c1-2-36(32,33)21-7-3-18(4-8-21)15-24(31)30-20-6-10-25(29-17-20)35-26(11-13-34-14-12-26)19-5-9-22(27)23(28)16-19/h3-10,16-17H,2,11-15H2,1H3,(H,30,31). The van der Waals surface area contributed by atoms with Crippen LogP contribution in [0.25, 0.3) is 0 Å². The molecule has 1 aliphatic heterocycles. The van der Waals surface area contributed by atoms with Crippen LogP contribution in [-0.4, -0.2) is 38.3 Å². The number of nitrogens with zero attached hydrogens (tertiary/aromatic N) is 1. The zero-order chi connectivity index (χ0) is 25.8. The minimum absolute atomic E-state index is 0.0189. The van der Waals surface area contributed by atoms with Gasteiger partial charge in [-0.1, -0.05) is 36.7 Å². The lowest BCUT2D eigenvalue weighted by atomic mass is 9.86. The lowest BCUT2D eigenvalue weighted by Crippen LogP contribution is -2.39. The van der Waals surface area contributed by atoms with Crippen LogP contribution in [0.2, 0.25) is 5.02 Å². The molecule has 2 heterocycles. The van der Waals surface area contributed by atoms with E-state index in [4.69, 9.17) is 21.1 Å². The molecule has 36 heavy (non-hydrogen) atoms. The molecule has 0 radical (unpaired) electrons. The third-order valence-corrected chi connectivity index (χ3v) is 8.15. The number of benzene rings is 2. The summed E-state index contributed by atoms with van der Waals surface area (Å²) in [6.45, 7) is 2.51. The molecule has 2 aromatic carbocycles. The average Bonchev–Trinajstić information content (AvgIpc) is 2.87. The van der Waals surface area contributed by atoms with E-state index in [2.05, 4.69) is 10.3 Å². The van der Waals surface area contributed by atoms with Crippen molar-refractivity contribution in [2.45, 2.75) is 36.7 Å². The second-order valence-corrected chi connectivity index (χ2v) is 11.2. The molecule has 0 unspecified atom stereocenters. The Labute approximate surface area is 214 Å². The van der Waals surface area contributed by atoms with Crippen molar-refractivity contribution in [1.82, 2.24) is 4.98 Å². The van der Waals surface area contributed by atoms with E-state index in [1.54, 1.807) is 37.3 Å². The molecule has 1 amide bonds. The Morgan fingerprint density at radius 1 is 1.14 bits per heavy atom. The smallest absolute Gasteiger partial charge is 0.228 e. The predicted octanol–water partition coefficient (Wildman–Crippen LogP) is 4.93. The van der Waals surface area contributed by atoms with Gasteiger partial charge >= 0.3 is 0 Å². The molecule has 0 aliphatic carbocycles. The maximum absolute atomic E-state index is 14.2. The number of hydrogen-bond donors (Lipinski definition) is 1. The molecule has 1 saturated heterocycles. The molecule has 7 nitrogen and oxygen atoms in total. The second kappa shape index (κ2) is 10.9. The van der Waals surface area contributed by atoms with Crippen LogP contribution in [0.5, 0.6) is 5.88 Å². The Balaban J connectivity index is 1.42. The normalized spacial score (nSPS) is 15.3. The first-order chi connectivity index (χ1) is 17.2. The van der Waals surface area contributed by atoms with Gasteiger partial charge in [0.25, 0.3) is 0 Å². The van der Waals surface area contributed by atoms with Crippen LogP contribution in [-0.2, 0) is 31.4 Å². The number of anilines is 1. The molecule has 0 spiro atoms. The minimum atomic E-state index is -3.29. The van der Waals surface area contributed by atoms with Gasteiger partial charge in [0, 0.05) is 18.9 Å². The van der Waals surface area contributed by atoms with Gasteiger partial charge in [-0.05, 0) is 41.5 Å². The lowest BCUT2D eigenvalue weighted by Gasteiger charge is -2.37. The summed E-state index contributed by atoms with van der Waals surface area (Å²) in [7, 11) is -3.29. The molecule has 1 aromatic heterocycles. The molecular weight excluding hydrogens is 507 g/mol. The summed E-state index contributed by atoms with van der Waals surface area (Å²) in [5.41, 5.74) is 1.02. The summed E-state index contributed by atoms with van der Waals surface area (Å²) in [6.07, 6.45) is 2.61. The Bertz CT molecular complexity index is 1330. The van der Waals surface area contributed by atoms with Crippen LogP contribution in [0, 0.1) is 5.82 Å². The van der Waals surface area contributed by atoms with E-state index in [0.717, 1.165) is 0 Å². The van der Waals surface area contributed by atoms with E-state index in [-0.39, 0.29) is 28.0 Å². The highest BCUT2D eigenvalue weighted by atomic mass is 35.5. The van der Waals surface area contributed by atoms with Crippen molar-refractivity contribution in [3.8, 4) is 5.88 Å². The maximum Gasteiger partial charge on any atom is 0.228 e. The third kappa shape index (κ3) is 6.03. The van der Waals surface area contributed by atoms with Gasteiger partial charge in [0.15, 0.2) is 9.84 Å². The van der Waals surface area contributed by atoms with Gasteiger partial charge in [0.2, 0.25) is 11.8 Å². The topological polar surface area (TPSA) is 94.6 Å². The number of hydrogen-bond acceptors (Lipinski definition) is 6. The van der Waals surface area contributed by atoms with Gasteiger partial charge in [-0.2, -0.15) is 0 Å². The maximum atomic E-state index is 14.2. The molecule has 0 atom stereocenters. The van der Waals surface area contributed by atoms with Gasteiger partial charge in [-0.25, -0.2) is 17.8 Å². The summed E-state index contributed by atoms with van der Waals surface area (Å²) < 4.78 is 49.8. The van der Waals surface area contributed by atoms with Crippen LogP contribution in [0.3, 0.4) is 0 Å². The summed E-state index contributed by atoms with van der Waals surface area (Å²) in [5, 5.41) is 2.82. The number of amides is 1. The van der Waals surface area contributed by atoms with Gasteiger partial charge in [0.1, 0.15) is 11.4 Å². The predicted molar refractivity (Wildman–Crippen MR) is 135 cm³/mol. The van der Waals surface area contributed by atoms with E-state index in [1.165, 1.54) is 30.5 Å². The van der Waals surface area contributed by atoms with E-state index >= 15 is 0 Å². The molecule has 0 saturated carbocycles. The van der Waals surface area contributed by atoms with Gasteiger partial charge in [0.05, 0.1) is 47.2 Å². The molecule has 1 N–H and O–H groups in total. The van der Waals surface area contributed by atoms with Gasteiger partial charge in [-0.15, -0.1) is 0 Å². The van der Waals surface area contributed by atoms with Crippen molar-refractivity contribution >= 4 is 33.0 Å². The number of pyridine rings is 1. The number of ether oxygens (including phenoxy) is 2. The molecule has 4 rings (SSSR count). The van der Waals surface area contributed by atoms with Crippen molar-refractivity contribution in [3.63, 3.8) is 0 Å². The van der Waals surface area contributed by atoms with Gasteiger partial charge in [-0.3, -0.25) is 4.79 Å². The summed E-state index contributed by atoms with van der Waals surface area (Å²) in [5.74, 6) is -0.436. The van der Waals surface area contributed by atoms with E-state index in [0.29, 0.717) is 48.7 Å². The first-order valence-corrected chi connectivity index (χ1v) is 13.5. The number of halogens is 2. The molecule has 0 bridgehead atoms. The zero-order valence-corrected chi connectivity index (χ0v) is 21.2. The SMILES string of the molecule is CCS(=O)(=O)c1ccc(CC(=O)Nc2ccc(OC3(c4ccc(Cl)c(F)c4)CCOCC3)nc2)cc1. The fourth-order valence-corrected chi connectivity index (χ4v) is 5.02. The monoisotopic (exact) mass is 532 g/mol. The number of carbonyl (C=O) groups is 1. The van der Waals surface area contributed by atoms with Crippen molar-refractivity contribution in [3.05, 3.63) is 82.8 Å². The van der Waals surface area contributed by atoms with Crippen molar-refractivity contribution in [2.75, 3.05) is 24.3 Å². The minimum Gasteiger partial charge on any atom is -0.466 e. The Morgan fingerprint density at radius 2 is 1.86 bits per heavy atom. The van der Waals surface area contributed by atoms with Crippen molar-refractivity contribution in [2.24, 2.45) is 0 Å². The molecule has 3 aromatic rings. The fourth-order valence-electron chi connectivity index (χ4n) is 4.02. The van der Waals surface area contributed by atoms with Gasteiger partial charge < -0.3 is 14.8 Å². The highest BCUT2D eigenvalue weighted by Gasteiger charge is 2.38. The molecule has 1 aliphatic rings. The summed E-state index contributed by atoms with van der Waals surface area (Å²) >= 11 is 5.85. The number of rotatable bonds is 8. The van der Waals surface area contributed by atoms with E-state index in [9.17, 15) is 17.6 Å². The molecule has 1 fully saturated rings. The largest absolute Gasteiger partial charge is 0.466 e. The van der Waals surface area contributed by atoms with Crippen LogP contribution in [0.4, 0.5) is 10.1 Å². The van der Waals surface area contributed by atoms with E-state index in [1.807, 2.05) is 0 Å². The zero-order valence-electron chi connectivity index (χ0n) is 19.7. The first-order valence-electron chi connectivity index (χ1n) is 11.5. The van der Waals surface area contributed by atoms with Crippen molar-refractivity contribution < 1.29 is 27.1 Å². The first kappa shape index (κ1) is 26.1. The number of carbonyl (C=O) groups excluding carboxylic acids is 1. The van der Waals surface area contributed by atoms with Crippen LogP contribution < -0.4 is 10.1 Å². The molecule has 190 valence electrons. The number of nitrogens with one attached hydrogen (secondary N) is 1. The lowest BCUT2D eigenvalue weighted by molar-refractivity contribution is -0.115. The highest BCUT2D eigenvalue weighted by molar-refractivity contribution is 7.91. The second-order valence-electron chi connectivity index (χ2n) is 8.50. The molecule has 10 heteroatoms. The fraction of sp³-hybridized carbons (Fsp3) is 0.308.